The third-order valence-electron chi connectivity index (χ3n) is 3.90. The minimum Gasteiger partial charge on any atom is -0.309 e. The third-order valence-corrected chi connectivity index (χ3v) is 4.88. The monoisotopic (exact) mass is 281 g/mol. The maximum Gasteiger partial charge on any atom is 0.107 e. The molecule has 1 aliphatic heterocycles. The molecule has 0 saturated carbocycles. The Kier molecular flexibility index (Phi) is 6.28. The zero-order valence-electron chi connectivity index (χ0n) is 12.3. The number of nitrogens with zero attached hydrogens (tertiary/aromatic N) is 2. The highest BCUT2D eigenvalue weighted by molar-refractivity contribution is 7.11. The summed E-state index contributed by atoms with van der Waals surface area (Å²) < 4.78 is 0. The Labute approximate surface area is 121 Å². The first kappa shape index (κ1) is 14.9. The first-order valence-electron chi connectivity index (χ1n) is 7.67. The van der Waals surface area contributed by atoms with E-state index < -0.39 is 0 Å². The topological polar surface area (TPSA) is 28.2 Å². The van der Waals surface area contributed by atoms with Crippen LogP contribution < -0.4 is 5.32 Å². The number of hydrogen-bond acceptors (Lipinski definition) is 4. The Balaban J connectivity index is 1.79. The minimum absolute atomic E-state index is 0.594. The molecule has 1 fully saturated rings. The summed E-state index contributed by atoms with van der Waals surface area (Å²) in [5.74, 6) is 0. The smallest absolute Gasteiger partial charge is 0.107 e. The second-order valence-electron chi connectivity index (χ2n) is 5.60. The van der Waals surface area contributed by atoms with Gasteiger partial charge in [-0.25, -0.2) is 4.98 Å². The van der Waals surface area contributed by atoms with Gasteiger partial charge < -0.3 is 5.32 Å². The van der Waals surface area contributed by atoms with E-state index in [0.717, 1.165) is 13.1 Å². The molecular weight excluding hydrogens is 254 g/mol. The standard InChI is InChI=1S/C15H27N3S/c1-3-13(2)16-10-14-11-17-15(19-14)12-18-8-6-4-5-7-9-18/h11,13,16H,3-10,12H2,1-2H3. The molecule has 1 unspecified atom stereocenters. The van der Waals surface area contributed by atoms with E-state index in [0.29, 0.717) is 6.04 Å². The lowest BCUT2D eigenvalue weighted by atomic mass is 10.2. The van der Waals surface area contributed by atoms with Gasteiger partial charge in [0.15, 0.2) is 0 Å². The Morgan fingerprint density at radius 3 is 2.74 bits per heavy atom. The molecule has 19 heavy (non-hydrogen) atoms. The van der Waals surface area contributed by atoms with Crippen molar-refractivity contribution in [2.75, 3.05) is 13.1 Å². The van der Waals surface area contributed by atoms with Crippen molar-refractivity contribution in [1.29, 1.82) is 0 Å². The lowest BCUT2D eigenvalue weighted by Gasteiger charge is -2.17. The predicted molar refractivity (Wildman–Crippen MR) is 82.5 cm³/mol. The van der Waals surface area contributed by atoms with Crippen LogP contribution in [0.3, 0.4) is 0 Å². The summed E-state index contributed by atoms with van der Waals surface area (Å²) >= 11 is 1.87. The average Bonchev–Trinajstić information content (AvgIpc) is 2.70. The molecule has 1 N–H and O–H groups in total. The van der Waals surface area contributed by atoms with Crippen LogP contribution in [-0.4, -0.2) is 29.0 Å². The van der Waals surface area contributed by atoms with Crippen molar-refractivity contribution in [2.45, 2.75) is 65.1 Å². The van der Waals surface area contributed by atoms with Gasteiger partial charge in [0.2, 0.25) is 0 Å². The van der Waals surface area contributed by atoms with Crippen molar-refractivity contribution in [3.05, 3.63) is 16.1 Å². The number of thiazole rings is 1. The van der Waals surface area contributed by atoms with Crippen LogP contribution in [0, 0.1) is 0 Å². The van der Waals surface area contributed by atoms with Crippen molar-refractivity contribution < 1.29 is 0 Å². The summed E-state index contributed by atoms with van der Waals surface area (Å²) in [4.78, 5) is 8.51. The third kappa shape index (κ3) is 5.21. The normalized spacial score (nSPS) is 19.3. The molecular formula is C15H27N3S. The molecule has 0 aliphatic carbocycles. The maximum atomic E-state index is 4.58. The van der Waals surface area contributed by atoms with Crippen molar-refractivity contribution >= 4 is 11.3 Å². The number of nitrogens with one attached hydrogen (secondary N) is 1. The molecule has 0 aromatic carbocycles. The second kappa shape index (κ2) is 7.98. The zero-order valence-corrected chi connectivity index (χ0v) is 13.1. The fourth-order valence-corrected chi connectivity index (χ4v) is 3.32. The van der Waals surface area contributed by atoms with Gasteiger partial charge in [-0.2, -0.15) is 0 Å². The average molecular weight is 281 g/mol. The van der Waals surface area contributed by atoms with Crippen LogP contribution in [0.2, 0.25) is 0 Å². The fourth-order valence-electron chi connectivity index (χ4n) is 2.41. The molecule has 1 aromatic heterocycles. The van der Waals surface area contributed by atoms with Crippen LogP contribution >= 0.6 is 11.3 Å². The van der Waals surface area contributed by atoms with E-state index in [1.165, 1.54) is 55.1 Å². The van der Waals surface area contributed by atoms with E-state index >= 15 is 0 Å². The summed E-state index contributed by atoms with van der Waals surface area (Å²) in [6, 6.07) is 0.594. The van der Waals surface area contributed by atoms with E-state index in [1.807, 2.05) is 17.5 Å². The van der Waals surface area contributed by atoms with Gasteiger partial charge in [0.05, 0.1) is 6.54 Å². The van der Waals surface area contributed by atoms with E-state index in [-0.39, 0.29) is 0 Å². The number of aromatic nitrogens is 1. The van der Waals surface area contributed by atoms with Crippen LogP contribution in [0.1, 0.15) is 55.8 Å². The van der Waals surface area contributed by atoms with Crippen LogP contribution in [0.25, 0.3) is 0 Å². The second-order valence-corrected chi connectivity index (χ2v) is 6.80. The Morgan fingerprint density at radius 1 is 1.32 bits per heavy atom. The number of hydrogen-bond donors (Lipinski definition) is 1. The van der Waals surface area contributed by atoms with Gasteiger partial charge in [-0.1, -0.05) is 19.8 Å². The lowest BCUT2D eigenvalue weighted by molar-refractivity contribution is 0.276. The summed E-state index contributed by atoms with van der Waals surface area (Å²) in [7, 11) is 0. The SMILES string of the molecule is CCC(C)NCc1cnc(CN2CCCCCC2)s1. The van der Waals surface area contributed by atoms with Crippen LogP contribution in [-0.2, 0) is 13.1 Å². The predicted octanol–water partition coefficient (Wildman–Crippen LogP) is 3.41. The molecule has 2 rings (SSSR count). The van der Waals surface area contributed by atoms with Crippen molar-refractivity contribution in [3.8, 4) is 0 Å². The molecule has 1 aliphatic rings. The Bertz CT molecular complexity index is 356. The fraction of sp³-hybridized carbons (Fsp3) is 0.800. The van der Waals surface area contributed by atoms with Gasteiger partial charge in [0.25, 0.3) is 0 Å². The van der Waals surface area contributed by atoms with Gasteiger partial charge in [-0.15, -0.1) is 11.3 Å². The number of likely N-dealkylation sites (tertiary alicyclic amines) is 1. The summed E-state index contributed by atoms with van der Waals surface area (Å²) in [5.41, 5.74) is 0. The van der Waals surface area contributed by atoms with Gasteiger partial charge in [-0.05, 0) is 39.3 Å². The van der Waals surface area contributed by atoms with Crippen LogP contribution in [0.5, 0.6) is 0 Å². The molecule has 0 spiro atoms. The first-order chi connectivity index (χ1) is 9.28. The Hall–Kier alpha value is -0.450. The van der Waals surface area contributed by atoms with Crippen LogP contribution in [0.15, 0.2) is 6.20 Å². The molecule has 108 valence electrons. The van der Waals surface area contributed by atoms with Gasteiger partial charge in [0.1, 0.15) is 5.01 Å². The van der Waals surface area contributed by atoms with Gasteiger partial charge in [0, 0.05) is 23.7 Å². The van der Waals surface area contributed by atoms with Gasteiger partial charge >= 0.3 is 0 Å². The maximum absolute atomic E-state index is 4.58. The molecule has 0 radical (unpaired) electrons. The first-order valence-corrected chi connectivity index (χ1v) is 8.49. The molecule has 4 heteroatoms. The van der Waals surface area contributed by atoms with E-state index in [4.69, 9.17) is 0 Å². The molecule has 1 aromatic rings. The quantitative estimate of drug-likeness (QED) is 0.866. The van der Waals surface area contributed by atoms with E-state index in [2.05, 4.69) is 29.0 Å². The lowest BCUT2D eigenvalue weighted by Crippen LogP contribution is -2.24. The van der Waals surface area contributed by atoms with E-state index in [9.17, 15) is 0 Å². The summed E-state index contributed by atoms with van der Waals surface area (Å²) in [5, 5.41) is 4.81. The number of rotatable bonds is 6. The largest absolute Gasteiger partial charge is 0.309 e. The highest BCUT2D eigenvalue weighted by atomic mass is 32.1. The summed E-state index contributed by atoms with van der Waals surface area (Å²) in [6.45, 7) is 8.97. The van der Waals surface area contributed by atoms with Crippen molar-refractivity contribution in [1.82, 2.24) is 15.2 Å². The van der Waals surface area contributed by atoms with E-state index in [1.54, 1.807) is 0 Å². The minimum atomic E-state index is 0.594. The molecule has 2 heterocycles. The Morgan fingerprint density at radius 2 is 2.05 bits per heavy atom. The molecule has 1 saturated heterocycles. The van der Waals surface area contributed by atoms with Crippen molar-refractivity contribution in [2.24, 2.45) is 0 Å². The molecule has 3 nitrogen and oxygen atoms in total. The molecule has 0 bridgehead atoms. The molecule has 1 atom stereocenters. The summed E-state index contributed by atoms with van der Waals surface area (Å²) in [6.07, 6.45) is 8.74. The molecule has 0 amide bonds. The highest BCUT2D eigenvalue weighted by Crippen LogP contribution is 2.17. The highest BCUT2D eigenvalue weighted by Gasteiger charge is 2.11. The zero-order chi connectivity index (χ0) is 13.5. The van der Waals surface area contributed by atoms with Crippen molar-refractivity contribution in [3.63, 3.8) is 0 Å². The van der Waals surface area contributed by atoms with Crippen LogP contribution in [0.4, 0.5) is 0 Å². The van der Waals surface area contributed by atoms with Gasteiger partial charge in [-0.3, -0.25) is 4.90 Å².